The fourth-order valence-corrected chi connectivity index (χ4v) is 3.68. The van der Waals surface area contributed by atoms with E-state index in [0.717, 1.165) is 28.5 Å². The number of halogens is 1. The van der Waals surface area contributed by atoms with E-state index in [-0.39, 0.29) is 11.7 Å². The first-order valence-electron chi connectivity index (χ1n) is 9.73. The zero-order valence-corrected chi connectivity index (χ0v) is 16.9. The standard InChI is InChI=1S/C24H23FN2O3/c1-29-19-11-16(12-20(14-19)30-2)3-6-24(28)27-9-7-17(8-10-27)22-15-26-23-13-18(25)4-5-21(22)23/h3-7,11-15,26H,8-10H2,1-2H3/b6-3+. The summed E-state index contributed by atoms with van der Waals surface area (Å²) in [6.07, 6.45) is 8.05. The maximum Gasteiger partial charge on any atom is 0.246 e. The zero-order chi connectivity index (χ0) is 21.1. The summed E-state index contributed by atoms with van der Waals surface area (Å²) in [5.41, 5.74) is 3.84. The molecule has 0 aliphatic carbocycles. The van der Waals surface area contributed by atoms with Crippen LogP contribution in [-0.4, -0.2) is 43.1 Å². The summed E-state index contributed by atoms with van der Waals surface area (Å²) in [7, 11) is 3.19. The van der Waals surface area contributed by atoms with E-state index in [4.69, 9.17) is 9.47 Å². The topological polar surface area (TPSA) is 54.6 Å². The van der Waals surface area contributed by atoms with E-state index >= 15 is 0 Å². The highest BCUT2D eigenvalue weighted by Crippen LogP contribution is 2.30. The molecule has 2 aromatic carbocycles. The summed E-state index contributed by atoms with van der Waals surface area (Å²) < 4.78 is 23.9. The first-order valence-corrected chi connectivity index (χ1v) is 9.73. The summed E-state index contributed by atoms with van der Waals surface area (Å²) in [5.74, 6) is 1.04. The number of amides is 1. The molecule has 2 heterocycles. The van der Waals surface area contributed by atoms with Crippen LogP contribution in [0.3, 0.4) is 0 Å². The number of nitrogens with zero attached hydrogens (tertiary/aromatic N) is 1. The number of rotatable bonds is 5. The van der Waals surface area contributed by atoms with Crippen molar-refractivity contribution in [2.24, 2.45) is 0 Å². The highest BCUT2D eigenvalue weighted by molar-refractivity contribution is 5.95. The number of H-pyrrole nitrogens is 1. The maximum atomic E-state index is 13.4. The average molecular weight is 406 g/mol. The molecule has 0 saturated carbocycles. The minimum absolute atomic E-state index is 0.0481. The lowest BCUT2D eigenvalue weighted by atomic mass is 9.99. The molecule has 6 heteroatoms. The summed E-state index contributed by atoms with van der Waals surface area (Å²) in [6.45, 7) is 1.16. The number of nitrogens with one attached hydrogen (secondary N) is 1. The van der Waals surface area contributed by atoms with Crippen LogP contribution in [0.15, 0.2) is 54.7 Å². The summed E-state index contributed by atoms with van der Waals surface area (Å²) in [4.78, 5) is 17.5. The molecule has 1 aliphatic rings. The van der Waals surface area contributed by atoms with Crippen molar-refractivity contribution in [1.29, 1.82) is 0 Å². The number of hydrogen-bond acceptors (Lipinski definition) is 3. The normalized spacial score (nSPS) is 14.2. The van der Waals surface area contributed by atoms with Gasteiger partial charge in [0.05, 0.1) is 14.2 Å². The molecule has 0 saturated heterocycles. The minimum atomic E-state index is -0.259. The van der Waals surface area contributed by atoms with Gasteiger partial charge in [0.15, 0.2) is 0 Å². The maximum absolute atomic E-state index is 13.4. The van der Waals surface area contributed by atoms with Gasteiger partial charge in [-0.25, -0.2) is 4.39 Å². The number of carbonyl (C=O) groups excluding carboxylic acids is 1. The molecule has 1 aliphatic heterocycles. The van der Waals surface area contributed by atoms with Crippen LogP contribution in [0.2, 0.25) is 0 Å². The Morgan fingerprint density at radius 2 is 1.90 bits per heavy atom. The Balaban J connectivity index is 1.46. The van der Waals surface area contributed by atoms with E-state index < -0.39 is 0 Å². The van der Waals surface area contributed by atoms with Crippen LogP contribution in [0.5, 0.6) is 11.5 Å². The van der Waals surface area contributed by atoms with Crippen LogP contribution in [0, 0.1) is 5.82 Å². The molecule has 0 atom stereocenters. The fourth-order valence-electron chi connectivity index (χ4n) is 3.68. The van der Waals surface area contributed by atoms with Crippen LogP contribution in [0.25, 0.3) is 22.6 Å². The predicted octanol–water partition coefficient (Wildman–Crippen LogP) is 4.65. The van der Waals surface area contributed by atoms with E-state index in [1.807, 2.05) is 18.3 Å². The van der Waals surface area contributed by atoms with E-state index in [9.17, 15) is 9.18 Å². The van der Waals surface area contributed by atoms with Crippen LogP contribution in [0.1, 0.15) is 17.5 Å². The lowest BCUT2D eigenvalue weighted by Crippen LogP contribution is -2.33. The smallest absolute Gasteiger partial charge is 0.246 e. The molecule has 1 amide bonds. The molecule has 1 aromatic heterocycles. The third kappa shape index (κ3) is 4.08. The van der Waals surface area contributed by atoms with Crippen LogP contribution >= 0.6 is 0 Å². The minimum Gasteiger partial charge on any atom is -0.497 e. The molecule has 3 aromatic rings. The Hall–Kier alpha value is -3.54. The Morgan fingerprint density at radius 3 is 2.57 bits per heavy atom. The van der Waals surface area contributed by atoms with Crippen molar-refractivity contribution in [3.05, 3.63) is 71.7 Å². The molecule has 1 N–H and O–H groups in total. The van der Waals surface area contributed by atoms with Gasteiger partial charge in [0, 0.05) is 47.9 Å². The second kappa shape index (κ2) is 8.45. The Bertz CT molecular complexity index is 1120. The molecule has 0 radical (unpaired) electrons. The number of carbonyl (C=O) groups is 1. The summed E-state index contributed by atoms with van der Waals surface area (Å²) in [5, 5.41) is 0.995. The van der Waals surface area contributed by atoms with Gasteiger partial charge >= 0.3 is 0 Å². The molecular formula is C24H23FN2O3. The van der Waals surface area contributed by atoms with E-state index in [1.54, 1.807) is 43.4 Å². The number of hydrogen-bond donors (Lipinski definition) is 1. The van der Waals surface area contributed by atoms with Crippen molar-refractivity contribution in [1.82, 2.24) is 9.88 Å². The van der Waals surface area contributed by atoms with Gasteiger partial charge < -0.3 is 19.4 Å². The number of ether oxygens (including phenoxy) is 2. The molecule has 0 spiro atoms. The van der Waals surface area contributed by atoms with E-state index in [0.29, 0.717) is 24.6 Å². The van der Waals surface area contributed by atoms with Crippen LogP contribution < -0.4 is 9.47 Å². The lowest BCUT2D eigenvalue weighted by molar-refractivity contribution is -0.125. The van der Waals surface area contributed by atoms with Gasteiger partial charge in [0.1, 0.15) is 17.3 Å². The second-order valence-electron chi connectivity index (χ2n) is 7.14. The van der Waals surface area contributed by atoms with Crippen LogP contribution in [-0.2, 0) is 4.79 Å². The van der Waals surface area contributed by atoms with Crippen LogP contribution in [0.4, 0.5) is 4.39 Å². The first-order chi connectivity index (χ1) is 14.6. The first kappa shape index (κ1) is 19.8. The van der Waals surface area contributed by atoms with E-state index in [1.165, 1.54) is 17.7 Å². The predicted molar refractivity (Wildman–Crippen MR) is 116 cm³/mol. The number of fused-ring (bicyclic) bond motifs is 1. The largest absolute Gasteiger partial charge is 0.497 e. The van der Waals surface area contributed by atoms with Gasteiger partial charge in [-0.15, -0.1) is 0 Å². The molecule has 30 heavy (non-hydrogen) atoms. The summed E-state index contributed by atoms with van der Waals surface area (Å²) >= 11 is 0. The molecule has 0 fully saturated rings. The number of benzene rings is 2. The van der Waals surface area contributed by atoms with Crippen molar-refractivity contribution in [3.63, 3.8) is 0 Å². The number of methoxy groups -OCH3 is 2. The monoisotopic (exact) mass is 406 g/mol. The molecule has 154 valence electrons. The highest BCUT2D eigenvalue weighted by atomic mass is 19.1. The zero-order valence-electron chi connectivity index (χ0n) is 16.9. The Labute approximate surface area is 174 Å². The highest BCUT2D eigenvalue weighted by Gasteiger charge is 2.18. The SMILES string of the molecule is COc1cc(/C=C/C(=O)N2CC=C(c3c[nH]c4cc(F)ccc34)CC2)cc(OC)c1. The Morgan fingerprint density at radius 1 is 1.13 bits per heavy atom. The third-order valence-electron chi connectivity index (χ3n) is 5.30. The van der Waals surface area contributed by atoms with Gasteiger partial charge in [-0.2, -0.15) is 0 Å². The number of aromatic amines is 1. The molecule has 0 unspecified atom stereocenters. The second-order valence-corrected chi connectivity index (χ2v) is 7.14. The van der Waals surface area contributed by atoms with Crippen molar-refractivity contribution in [2.75, 3.05) is 27.3 Å². The fraction of sp³-hybridized carbons (Fsp3) is 0.208. The van der Waals surface area contributed by atoms with Crippen molar-refractivity contribution < 1.29 is 18.7 Å². The molecule has 0 bridgehead atoms. The van der Waals surface area contributed by atoms with E-state index in [2.05, 4.69) is 11.1 Å². The quantitative estimate of drug-likeness (QED) is 0.628. The van der Waals surface area contributed by atoms with Crippen molar-refractivity contribution in [2.45, 2.75) is 6.42 Å². The molecule has 5 nitrogen and oxygen atoms in total. The molecular weight excluding hydrogens is 383 g/mol. The van der Waals surface area contributed by atoms with Gasteiger partial charge in [0.25, 0.3) is 0 Å². The lowest BCUT2D eigenvalue weighted by Gasteiger charge is -2.25. The molecule has 4 rings (SSSR count). The van der Waals surface area contributed by atoms with Crippen molar-refractivity contribution >= 4 is 28.5 Å². The van der Waals surface area contributed by atoms with Gasteiger partial charge in [-0.05, 0) is 54.0 Å². The number of aromatic nitrogens is 1. The van der Waals surface area contributed by atoms with Gasteiger partial charge in [-0.1, -0.05) is 6.08 Å². The van der Waals surface area contributed by atoms with Gasteiger partial charge in [-0.3, -0.25) is 4.79 Å². The Kier molecular flexibility index (Phi) is 5.57. The summed E-state index contributed by atoms with van der Waals surface area (Å²) in [6, 6.07) is 10.2. The van der Waals surface area contributed by atoms with Crippen molar-refractivity contribution in [3.8, 4) is 11.5 Å². The average Bonchev–Trinajstić information content (AvgIpc) is 3.20. The third-order valence-corrected chi connectivity index (χ3v) is 5.30. The van der Waals surface area contributed by atoms with Gasteiger partial charge in [0.2, 0.25) is 5.91 Å².